The fraction of sp³-hybridized carbons (Fsp3) is 0.115. The number of nitrogens with zero attached hydrogens (tertiary/aromatic N) is 2. The van der Waals surface area contributed by atoms with Gasteiger partial charge >= 0.3 is 0 Å². The van der Waals surface area contributed by atoms with Crippen molar-refractivity contribution >= 4 is 43.9 Å². The van der Waals surface area contributed by atoms with Crippen LogP contribution in [0.25, 0.3) is 10.8 Å². The Kier molecular flexibility index (Phi) is 7.00. The van der Waals surface area contributed by atoms with Gasteiger partial charge in [0.2, 0.25) is 0 Å². The van der Waals surface area contributed by atoms with Crippen molar-refractivity contribution in [2.24, 2.45) is 10.2 Å². The maximum Gasteiger partial charge on any atom is 0.296 e. The number of fused-ring (bicyclic) bond motifs is 1. The third-order valence-electron chi connectivity index (χ3n) is 5.33. The van der Waals surface area contributed by atoms with Crippen LogP contribution < -0.4 is 10.1 Å². The number of anilines is 1. The first-order chi connectivity index (χ1) is 17.2. The molecule has 0 spiro atoms. The van der Waals surface area contributed by atoms with Crippen LogP contribution in [0.2, 0.25) is 0 Å². The highest BCUT2D eigenvalue weighted by Gasteiger charge is 2.20. The summed E-state index contributed by atoms with van der Waals surface area (Å²) in [7, 11) is -4.57. The van der Waals surface area contributed by atoms with Gasteiger partial charge in [-0.25, -0.2) is 0 Å². The summed E-state index contributed by atoms with van der Waals surface area (Å²) < 4.78 is 38.8. The molecule has 4 aromatic carbocycles. The first-order valence-electron chi connectivity index (χ1n) is 11.0. The highest BCUT2D eigenvalue weighted by atomic mass is 32.2. The molecule has 0 aliphatic carbocycles. The number of nitrogens with one attached hydrogen (secondary N) is 1. The summed E-state index contributed by atoms with van der Waals surface area (Å²) in [5, 5.41) is 23.0. The molecule has 0 aliphatic heterocycles. The first-order valence-corrected chi connectivity index (χ1v) is 12.4. The summed E-state index contributed by atoms with van der Waals surface area (Å²) in [6.45, 7) is 3.90. The summed E-state index contributed by atoms with van der Waals surface area (Å²) in [4.78, 5) is 12.8. The number of aromatic hydroxyl groups is 1. The molecule has 0 saturated carbocycles. The van der Waals surface area contributed by atoms with Crippen LogP contribution in [0.15, 0.2) is 87.9 Å². The molecule has 1 amide bonds. The normalized spacial score (nSPS) is 11.6. The van der Waals surface area contributed by atoms with Crippen molar-refractivity contribution in [3.05, 3.63) is 83.9 Å². The Hall–Kier alpha value is -4.28. The van der Waals surface area contributed by atoms with Gasteiger partial charge in [-0.3, -0.25) is 9.35 Å². The fourth-order valence-corrected chi connectivity index (χ4v) is 4.36. The summed E-state index contributed by atoms with van der Waals surface area (Å²) >= 11 is 0. The largest absolute Gasteiger partial charge is 0.505 e. The SMILES string of the molecule is CCOc1ccccc1NC(=O)c1cc2ccccc2c(/N=N/c2ccc(C)cc2S(=O)(=O)O)c1O. The van der Waals surface area contributed by atoms with Crippen molar-refractivity contribution in [3.8, 4) is 11.5 Å². The lowest BCUT2D eigenvalue weighted by atomic mass is 10.0. The minimum absolute atomic E-state index is 0.0294. The Morgan fingerprint density at radius 2 is 1.72 bits per heavy atom. The molecule has 0 unspecified atom stereocenters. The molecule has 4 rings (SSSR count). The Morgan fingerprint density at radius 1 is 1.00 bits per heavy atom. The van der Waals surface area contributed by atoms with E-state index in [1.54, 1.807) is 61.5 Å². The van der Waals surface area contributed by atoms with Gasteiger partial charge in [-0.05, 0) is 55.1 Å². The van der Waals surface area contributed by atoms with Crippen molar-refractivity contribution in [1.82, 2.24) is 0 Å². The van der Waals surface area contributed by atoms with Crippen molar-refractivity contribution in [2.75, 3.05) is 11.9 Å². The molecule has 4 aromatic rings. The third-order valence-corrected chi connectivity index (χ3v) is 6.21. The number of ether oxygens (including phenoxy) is 1. The molecule has 0 heterocycles. The van der Waals surface area contributed by atoms with Crippen molar-refractivity contribution in [1.29, 1.82) is 0 Å². The number of para-hydroxylation sites is 2. The van der Waals surface area contributed by atoms with Gasteiger partial charge in [-0.15, -0.1) is 10.2 Å². The Bertz CT molecular complexity index is 1600. The summed E-state index contributed by atoms with van der Waals surface area (Å²) in [6.07, 6.45) is 0. The second kappa shape index (κ2) is 10.1. The molecule has 10 heteroatoms. The van der Waals surface area contributed by atoms with Crippen LogP contribution in [0.5, 0.6) is 11.5 Å². The van der Waals surface area contributed by atoms with E-state index < -0.39 is 26.7 Å². The van der Waals surface area contributed by atoms with E-state index in [9.17, 15) is 22.9 Å². The van der Waals surface area contributed by atoms with Gasteiger partial charge in [0, 0.05) is 5.39 Å². The van der Waals surface area contributed by atoms with Crippen LogP contribution in [0, 0.1) is 6.92 Å². The smallest absolute Gasteiger partial charge is 0.296 e. The van der Waals surface area contributed by atoms with Crippen LogP contribution in [0.4, 0.5) is 17.1 Å². The number of amides is 1. The molecule has 184 valence electrons. The van der Waals surface area contributed by atoms with Gasteiger partial charge in [0.05, 0.1) is 17.9 Å². The number of aryl methyl sites for hydroxylation is 1. The van der Waals surface area contributed by atoms with Crippen LogP contribution in [0.1, 0.15) is 22.8 Å². The van der Waals surface area contributed by atoms with Gasteiger partial charge in [0.15, 0.2) is 5.75 Å². The van der Waals surface area contributed by atoms with E-state index in [0.29, 0.717) is 34.4 Å². The second-order valence-electron chi connectivity index (χ2n) is 7.87. The predicted molar refractivity (Wildman–Crippen MR) is 136 cm³/mol. The van der Waals surface area contributed by atoms with Crippen molar-refractivity contribution in [2.45, 2.75) is 18.7 Å². The molecular weight excluding hydrogens is 482 g/mol. The predicted octanol–water partition coefficient (Wildman–Crippen LogP) is 6.17. The molecule has 0 aromatic heterocycles. The van der Waals surface area contributed by atoms with Gasteiger partial charge in [-0.2, -0.15) is 8.42 Å². The molecule has 36 heavy (non-hydrogen) atoms. The molecule has 3 N–H and O–H groups in total. The summed E-state index contributed by atoms with van der Waals surface area (Å²) in [6, 6.07) is 19.6. The topological polar surface area (TPSA) is 138 Å². The van der Waals surface area contributed by atoms with E-state index in [0.717, 1.165) is 0 Å². The number of azo groups is 1. The summed E-state index contributed by atoms with van der Waals surface area (Å²) in [5.74, 6) is -0.564. The maximum absolute atomic E-state index is 13.2. The number of rotatable bonds is 7. The van der Waals surface area contributed by atoms with E-state index in [1.165, 1.54) is 18.2 Å². The number of hydrogen-bond acceptors (Lipinski definition) is 7. The van der Waals surface area contributed by atoms with E-state index in [2.05, 4.69) is 15.5 Å². The van der Waals surface area contributed by atoms with Crippen LogP contribution in [-0.4, -0.2) is 30.6 Å². The lowest BCUT2D eigenvalue weighted by molar-refractivity contribution is 0.102. The number of phenolic OH excluding ortho intramolecular Hbond substituents is 1. The van der Waals surface area contributed by atoms with E-state index in [-0.39, 0.29) is 16.9 Å². The zero-order chi connectivity index (χ0) is 25.9. The maximum atomic E-state index is 13.2. The molecule has 0 fully saturated rings. The van der Waals surface area contributed by atoms with Gasteiger partial charge < -0.3 is 15.2 Å². The highest BCUT2D eigenvalue weighted by molar-refractivity contribution is 7.86. The standard InChI is InChI=1S/C26H23N3O6S/c1-3-35-22-11-7-6-10-20(22)27-26(31)19-15-17-8-4-5-9-18(17)24(25(19)30)29-28-21-13-12-16(2)14-23(21)36(32,33)34/h4-15,30H,3H2,1-2H3,(H,27,31)(H,32,33,34)/b29-28+. The Morgan fingerprint density at radius 3 is 2.47 bits per heavy atom. The van der Waals surface area contributed by atoms with Gasteiger partial charge in [0.25, 0.3) is 16.0 Å². The van der Waals surface area contributed by atoms with E-state index in [4.69, 9.17) is 4.74 Å². The highest BCUT2D eigenvalue weighted by Crippen LogP contribution is 2.40. The first kappa shape index (κ1) is 24.8. The van der Waals surface area contributed by atoms with Crippen LogP contribution in [-0.2, 0) is 10.1 Å². The number of carbonyl (C=O) groups excluding carboxylic acids is 1. The quantitative estimate of drug-likeness (QED) is 0.203. The lowest BCUT2D eigenvalue weighted by Gasteiger charge is -2.13. The minimum atomic E-state index is -4.57. The molecule has 0 atom stereocenters. The summed E-state index contributed by atoms with van der Waals surface area (Å²) in [5.41, 5.74) is 0.816. The van der Waals surface area contributed by atoms with E-state index >= 15 is 0 Å². The average Bonchev–Trinajstić information content (AvgIpc) is 2.84. The Balaban J connectivity index is 1.81. The molecule has 0 bridgehead atoms. The third kappa shape index (κ3) is 5.19. The van der Waals surface area contributed by atoms with Crippen LogP contribution in [0.3, 0.4) is 0 Å². The minimum Gasteiger partial charge on any atom is -0.505 e. The molecule has 0 aliphatic rings. The zero-order valence-electron chi connectivity index (χ0n) is 19.5. The number of phenols is 1. The number of carbonyl (C=O) groups is 1. The van der Waals surface area contributed by atoms with Gasteiger partial charge in [0.1, 0.15) is 22.0 Å². The zero-order valence-corrected chi connectivity index (χ0v) is 20.3. The van der Waals surface area contributed by atoms with Crippen molar-refractivity contribution < 1.29 is 27.6 Å². The van der Waals surface area contributed by atoms with Crippen molar-refractivity contribution in [3.63, 3.8) is 0 Å². The average molecular weight is 506 g/mol. The molecule has 9 nitrogen and oxygen atoms in total. The number of hydrogen-bond donors (Lipinski definition) is 3. The second-order valence-corrected chi connectivity index (χ2v) is 9.26. The monoisotopic (exact) mass is 505 g/mol. The Labute approximate surface area is 207 Å². The van der Waals surface area contributed by atoms with Gasteiger partial charge in [-0.1, -0.05) is 42.5 Å². The van der Waals surface area contributed by atoms with Crippen LogP contribution >= 0.6 is 0 Å². The lowest BCUT2D eigenvalue weighted by Crippen LogP contribution is -2.13. The molecule has 0 radical (unpaired) electrons. The molecular formula is C26H23N3O6S. The fourth-order valence-electron chi connectivity index (χ4n) is 3.65. The molecule has 0 saturated heterocycles. The number of benzene rings is 4. The van der Waals surface area contributed by atoms with E-state index in [1.807, 2.05) is 6.92 Å².